The predicted molar refractivity (Wildman–Crippen MR) is 57.3 cm³/mol. The molecule has 84 valence electrons. The van der Waals surface area contributed by atoms with Gasteiger partial charge in [0.1, 0.15) is 0 Å². The predicted octanol–water partition coefficient (Wildman–Crippen LogP) is -0.0671. The summed E-state index contributed by atoms with van der Waals surface area (Å²) in [5, 5.41) is 18.6. The van der Waals surface area contributed by atoms with Gasteiger partial charge < -0.3 is 14.9 Å². The van der Waals surface area contributed by atoms with Crippen molar-refractivity contribution in [3.63, 3.8) is 0 Å². The maximum atomic E-state index is 10.9. The average molecular weight is 220 g/mol. The zero-order valence-electron chi connectivity index (χ0n) is 8.75. The highest BCUT2D eigenvalue weighted by atomic mass is 16.5. The Morgan fingerprint density at radius 2 is 1.94 bits per heavy atom. The molecular formula is C12H12O4. The van der Waals surface area contributed by atoms with Gasteiger partial charge in [0.15, 0.2) is 12.2 Å². The van der Waals surface area contributed by atoms with Crippen molar-refractivity contribution in [3.05, 3.63) is 35.9 Å². The molecule has 0 radical (unpaired) electrons. The summed E-state index contributed by atoms with van der Waals surface area (Å²) in [6, 6.07) is 8.94. The van der Waals surface area contributed by atoms with E-state index >= 15 is 0 Å². The van der Waals surface area contributed by atoms with Crippen LogP contribution in [0, 0.1) is 11.8 Å². The summed E-state index contributed by atoms with van der Waals surface area (Å²) in [7, 11) is 1.13. The smallest absolute Gasteiger partial charge is 0.338 e. The zero-order valence-corrected chi connectivity index (χ0v) is 8.75. The monoisotopic (exact) mass is 220 g/mol. The fraction of sp³-hybridized carbons (Fsp3) is 0.250. The minimum atomic E-state index is -1.64. The third kappa shape index (κ3) is 3.39. The highest BCUT2D eigenvalue weighted by Gasteiger charge is 2.22. The van der Waals surface area contributed by atoms with E-state index in [1.54, 1.807) is 24.3 Å². The molecule has 4 nitrogen and oxygen atoms in total. The highest BCUT2D eigenvalue weighted by Crippen LogP contribution is 1.98. The minimum Gasteiger partial charge on any atom is -0.467 e. The van der Waals surface area contributed by atoms with Crippen molar-refractivity contribution in [2.75, 3.05) is 7.11 Å². The number of benzene rings is 1. The fourth-order valence-electron chi connectivity index (χ4n) is 1.01. The molecule has 0 aliphatic carbocycles. The Hall–Kier alpha value is -1.83. The second kappa shape index (κ2) is 5.91. The van der Waals surface area contributed by atoms with Gasteiger partial charge in [-0.05, 0) is 12.1 Å². The van der Waals surface area contributed by atoms with Crippen molar-refractivity contribution in [1.29, 1.82) is 0 Å². The molecule has 2 atom stereocenters. The largest absolute Gasteiger partial charge is 0.467 e. The van der Waals surface area contributed by atoms with Crippen molar-refractivity contribution >= 4 is 5.97 Å². The zero-order chi connectivity index (χ0) is 12.0. The maximum Gasteiger partial charge on any atom is 0.338 e. The molecule has 1 aromatic rings. The van der Waals surface area contributed by atoms with Crippen LogP contribution in [0.3, 0.4) is 0 Å². The molecule has 2 unspecified atom stereocenters. The SMILES string of the molecule is COC(=O)C(O)C(O)C#Cc1ccccc1. The third-order valence-electron chi connectivity index (χ3n) is 1.88. The van der Waals surface area contributed by atoms with Crippen LogP contribution >= 0.6 is 0 Å². The number of methoxy groups -OCH3 is 1. The Balaban J connectivity index is 2.68. The van der Waals surface area contributed by atoms with Crippen LogP contribution in [0.25, 0.3) is 0 Å². The van der Waals surface area contributed by atoms with E-state index in [4.69, 9.17) is 0 Å². The summed E-state index contributed by atoms with van der Waals surface area (Å²) in [6.45, 7) is 0. The first kappa shape index (κ1) is 12.2. The Bertz CT molecular complexity index is 402. The number of ether oxygens (including phenoxy) is 1. The van der Waals surface area contributed by atoms with E-state index in [1.807, 2.05) is 6.07 Å². The van der Waals surface area contributed by atoms with E-state index in [0.29, 0.717) is 5.56 Å². The van der Waals surface area contributed by atoms with Gasteiger partial charge in [0.25, 0.3) is 0 Å². The van der Waals surface area contributed by atoms with E-state index in [-0.39, 0.29) is 0 Å². The molecular weight excluding hydrogens is 208 g/mol. The molecule has 0 spiro atoms. The second-order valence-electron chi connectivity index (χ2n) is 3.05. The molecule has 0 aromatic heterocycles. The van der Waals surface area contributed by atoms with Gasteiger partial charge in [-0.1, -0.05) is 30.0 Å². The summed E-state index contributed by atoms with van der Waals surface area (Å²) in [4.78, 5) is 10.9. The molecule has 2 N–H and O–H groups in total. The van der Waals surface area contributed by atoms with Crippen molar-refractivity contribution in [1.82, 2.24) is 0 Å². The lowest BCUT2D eigenvalue weighted by molar-refractivity contribution is -0.154. The first-order valence-electron chi connectivity index (χ1n) is 4.65. The van der Waals surface area contributed by atoms with Crippen LogP contribution in [0.2, 0.25) is 0 Å². The first-order valence-corrected chi connectivity index (χ1v) is 4.65. The van der Waals surface area contributed by atoms with Crippen LogP contribution in [-0.4, -0.2) is 35.5 Å². The van der Waals surface area contributed by atoms with Gasteiger partial charge >= 0.3 is 5.97 Å². The molecule has 0 saturated heterocycles. The van der Waals surface area contributed by atoms with Gasteiger partial charge in [-0.25, -0.2) is 4.79 Å². The van der Waals surface area contributed by atoms with Gasteiger partial charge in [0, 0.05) is 5.56 Å². The highest BCUT2D eigenvalue weighted by molar-refractivity contribution is 5.75. The van der Waals surface area contributed by atoms with E-state index in [2.05, 4.69) is 16.6 Å². The molecule has 0 aliphatic rings. The molecule has 1 rings (SSSR count). The number of aliphatic hydroxyl groups excluding tert-OH is 2. The number of hydrogen-bond acceptors (Lipinski definition) is 4. The van der Waals surface area contributed by atoms with Crippen LogP contribution in [0.15, 0.2) is 30.3 Å². The van der Waals surface area contributed by atoms with Crippen LogP contribution in [0.1, 0.15) is 5.56 Å². The topological polar surface area (TPSA) is 66.8 Å². The van der Waals surface area contributed by atoms with E-state index in [9.17, 15) is 15.0 Å². The molecule has 0 aliphatic heterocycles. The van der Waals surface area contributed by atoms with Gasteiger partial charge in [0.2, 0.25) is 0 Å². The molecule has 0 bridgehead atoms. The van der Waals surface area contributed by atoms with Crippen molar-refractivity contribution in [3.8, 4) is 11.8 Å². The lowest BCUT2D eigenvalue weighted by Gasteiger charge is -2.09. The molecule has 0 heterocycles. The molecule has 0 amide bonds. The van der Waals surface area contributed by atoms with Gasteiger partial charge in [-0.2, -0.15) is 0 Å². The van der Waals surface area contributed by atoms with E-state index in [0.717, 1.165) is 7.11 Å². The van der Waals surface area contributed by atoms with Gasteiger partial charge in [-0.3, -0.25) is 0 Å². The average Bonchev–Trinajstić information content (AvgIpc) is 2.35. The number of carbonyl (C=O) groups excluding carboxylic acids is 1. The Kier molecular flexibility index (Phi) is 4.52. The van der Waals surface area contributed by atoms with Crippen molar-refractivity contribution in [2.45, 2.75) is 12.2 Å². The third-order valence-corrected chi connectivity index (χ3v) is 1.88. The van der Waals surface area contributed by atoms with Crippen LogP contribution in [-0.2, 0) is 9.53 Å². The Morgan fingerprint density at radius 3 is 2.50 bits per heavy atom. The fourth-order valence-corrected chi connectivity index (χ4v) is 1.01. The number of aliphatic hydroxyl groups is 2. The van der Waals surface area contributed by atoms with Gasteiger partial charge in [0.05, 0.1) is 7.11 Å². The van der Waals surface area contributed by atoms with Crippen molar-refractivity contribution < 1.29 is 19.7 Å². The molecule has 1 aromatic carbocycles. The minimum absolute atomic E-state index is 0.693. The van der Waals surface area contributed by atoms with Crippen LogP contribution < -0.4 is 0 Å². The van der Waals surface area contributed by atoms with Crippen LogP contribution in [0.5, 0.6) is 0 Å². The lowest BCUT2D eigenvalue weighted by Crippen LogP contribution is -2.33. The molecule has 0 saturated carbocycles. The summed E-state index contributed by atoms with van der Waals surface area (Å²) in [5.74, 6) is 4.10. The molecule has 0 fully saturated rings. The van der Waals surface area contributed by atoms with E-state index < -0.39 is 18.2 Å². The quantitative estimate of drug-likeness (QED) is 0.541. The summed E-state index contributed by atoms with van der Waals surface area (Å²) in [5.41, 5.74) is 0.693. The number of esters is 1. The van der Waals surface area contributed by atoms with Crippen LogP contribution in [0.4, 0.5) is 0 Å². The maximum absolute atomic E-state index is 10.9. The molecule has 4 heteroatoms. The summed E-state index contributed by atoms with van der Waals surface area (Å²) < 4.78 is 4.27. The summed E-state index contributed by atoms with van der Waals surface area (Å²) in [6.07, 6.45) is -3.09. The lowest BCUT2D eigenvalue weighted by atomic mass is 10.2. The first-order chi connectivity index (χ1) is 7.65. The molecule has 16 heavy (non-hydrogen) atoms. The van der Waals surface area contributed by atoms with Crippen molar-refractivity contribution in [2.24, 2.45) is 0 Å². The number of hydrogen-bond donors (Lipinski definition) is 2. The normalized spacial score (nSPS) is 13.2. The second-order valence-corrected chi connectivity index (χ2v) is 3.05. The standard InChI is InChI=1S/C12H12O4/c1-16-12(15)11(14)10(13)8-7-9-5-3-2-4-6-9/h2-6,10-11,13-14H,1H3. The summed E-state index contributed by atoms with van der Waals surface area (Å²) >= 11 is 0. The van der Waals surface area contributed by atoms with E-state index in [1.165, 1.54) is 0 Å². The van der Waals surface area contributed by atoms with Gasteiger partial charge in [-0.15, -0.1) is 0 Å². The Labute approximate surface area is 93.5 Å². The number of carbonyl (C=O) groups is 1. The number of rotatable bonds is 2. The Morgan fingerprint density at radius 1 is 1.31 bits per heavy atom.